The molecule has 0 spiro atoms. The highest BCUT2D eigenvalue weighted by atomic mass is 32.2. The number of rotatable bonds is 6. The number of aryl methyl sites for hydroxylation is 1. The minimum atomic E-state index is -3.36. The van der Waals surface area contributed by atoms with E-state index in [0.29, 0.717) is 19.6 Å². The predicted octanol–water partition coefficient (Wildman–Crippen LogP) is 2.83. The van der Waals surface area contributed by atoms with E-state index in [4.69, 9.17) is 4.74 Å². The first-order valence-electron chi connectivity index (χ1n) is 9.45. The smallest absolute Gasteiger partial charge is 0.282 e. The number of methoxy groups -OCH3 is 1. The zero-order valence-corrected chi connectivity index (χ0v) is 16.0. The van der Waals surface area contributed by atoms with Crippen molar-refractivity contribution in [3.8, 4) is 0 Å². The van der Waals surface area contributed by atoms with E-state index in [0.717, 1.165) is 44.9 Å². The molecule has 25 heavy (non-hydrogen) atoms. The molecule has 2 saturated heterocycles. The first-order chi connectivity index (χ1) is 12.1. The van der Waals surface area contributed by atoms with Gasteiger partial charge in [0.25, 0.3) is 10.2 Å². The third-order valence-corrected chi connectivity index (χ3v) is 7.63. The average molecular weight is 367 g/mol. The lowest BCUT2D eigenvalue weighted by Crippen LogP contribution is -2.53. The molecule has 2 aliphatic heterocycles. The Balaban J connectivity index is 1.65. The number of hydrogen-bond donors (Lipinski definition) is 0. The second kappa shape index (κ2) is 8.62. The van der Waals surface area contributed by atoms with Crippen molar-refractivity contribution in [1.29, 1.82) is 0 Å². The van der Waals surface area contributed by atoms with Crippen LogP contribution in [-0.4, -0.2) is 55.9 Å². The maximum absolute atomic E-state index is 13.2. The maximum Gasteiger partial charge on any atom is 0.282 e. The van der Waals surface area contributed by atoms with Gasteiger partial charge in [0.2, 0.25) is 0 Å². The Kier molecular flexibility index (Phi) is 6.49. The highest BCUT2D eigenvalue weighted by Crippen LogP contribution is 2.27. The van der Waals surface area contributed by atoms with Crippen LogP contribution in [0.1, 0.15) is 44.1 Å². The molecule has 1 aromatic carbocycles. The molecule has 0 aliphatic carbocycles. The van der Waals surface area contributed by atoms with Crippen LogP contribution in [0.5, 0.6) is 0 Å². The fraction of sp³-hybridized carbons (Fsp3) is 0.684. The van der Waals surface area contributed by atoms with E-state index in [1.807, 2.05) is 18.2 Å². The topological polar surface area (TPSA) is 49.9 Å². The van der Waals surface area contributed by atoms with Crippen LogP contribution in [0.4, 0.5) is 0 Å². The molecule has 0 amide bonds. The normalized spacial score (nSPS) is 24.4. The van der Waals surface area contributed by atoms with E-state index in [-0.39, 0.29) is 12.1 Å². The SMILES string of the molecule is COC1CCN(S(=O)(=O)N2CCCC[C@@H]2CCc2ccccc2)CC1. The Morgan fingerprint density at radius 2 is 1.76 bits per heavy atom. The molecule has 2 aliphatic rings. The molecule has 0 radical (unpaired) electrons. The molecular formula is C19H30N2O3S. The second-order valence-corrected chi connectivity index (χ2v) is 9.01. The largest absolute Gasteiger partial charge is 0.381 e. The van der Waals surface area contributed by atoms with Crippen molar-refractivity contribution in [3.05, 3.63) is 35.9 Å². The maximum atomic E-state index is 13.2. The Bertz CT molecular complexity index is 627. The summed E-state index contributed by atoms with van der Waals surface area (Å²) < 4.78 is 35.2. The first kappa shape index (κ1) is 18.8. The van der Waals surface area contributed by atoms with Crippen LogP contribution in [0.2, 0.25) is 0 Å². The monoisotopic (exact) mass is 366 g/mol. The molecule has 0 aromatic heterocycles. The second-order valence-electron chi connectivity index (χ2n) is 7.13. The van der Waals surface area contributed by atoms with Crippen molar-refractivity contribution >= 4 is 10.2 Å². The van der Waals surface area contributed by atoms with Gasteiger partial charge in [-0.25, -0.2) is 0 Å². The van der Waals surface area contributed by atoms with Gasteiger partial charge in [-0.1, -0.05) is 36.8 Å². The van der Waals surface area contributed by atoms with Crippen LogP contribution in [0.15, 0.2) is 30.3 Å². The van der Waals surface area contributed by atoms with E-state index in [1.165, 1.54) is 5.56 Å². The molecule has 0 saturated carbocycles. The van der Waals surface area contributed by atoms with Crippen molar-refractivity contribution in [1.82, 2.24) is 8.61 Å². The number of nitrogens with zero attached hydrogens (tertiary/aromatic N) is 2. The van der Waals surface area contributed by atoms with E-state index in [9.17, 15) is 8.42 Å². The summed E-state index contributed by atoms with van der Waals surface area (Å²) in [4.78, 5) is 0. The Morgan fingerprint density at radius 1 is 1.04 bits per heavy atom. The molecule has 0 N–H and O–H groups in total. The van der Waals surface area contributed by atoms with E-state index in [1.54, 1.807) is 15.7 Å². The Morgan fingerprint density at radius 3 is 2.44 bits per heavy atom. The fourth-order valence-electron chi connectivity index (χ4n) is 3.99. The lowest BCUT2D eigenvalue weighted by molar-refractivity contribution is 0.0581. The molecule has 0 unspecified atom stereocenters. The van der Waals surface area contributed by atoms with Crippen LogP contribution in [0, 0.1) is 0 Å². The molecule has 2 fully saturated rings. The van der Waals surface area contributed by atoms with Crippen LogP contribution in [0.3, 0.4) is 0 Å². The number of piperidine rings is 2. The molecule has 6 heteroatoms. The lowest BCUT2D eigenvalue weighted by atomic mass is 9.98. The summed E-state index contributed by atoms with van der Waals surface area (Å²) in [6.45, 7) is 1.80. The summed E-state index contributed by atoms with van der Waals surface area (Å²) in [5, 5.41) is 0. The van der Waals surface area contributed by atoms with E-state index in [2.05, 4.69) is 12.1 Å². The molecular weight excluding hydrogens is 336 g/mol. The lowest BCUT2D eigenvalue weighted by Gasteiger charge is -2.40. The molecule has 2 heterocycles. The van der Waals surface area contributed by atoms with Crippen molar-refractivity contribution in [3.63, 3.8) is 0 Å². The number of ether oxygens (including phenoxy) is 1. The van der Waals surface area contributed by atoms with Crippen molar-refractivity contribution < 1.29 is 13.2 Å². The van der Waals surface area contributed by atoms with Gasteiger partial charge in [0.1, 0.15) is 0 Å². The van der Waals surface area contributed by atoms with Gasteiger partial charge in [-0.15, -0.1) is 0 Å². The van der Waals surface area contributed by atoms with Gasteiger partial charge in [0.15, 0.2) is 0 Å². The Hall–Kier alpha value is -0.950. The first-order valence-corrected chi connectivity index (χ1v) is 10.8. The van der Waals surface area contributed by atoms with Crippen LogP contribution >= 0.6 is 0 Å². The highest BCUT2D eigenvalue weighted by molar-refractivity contribution is 7.86. The van der Waals surface area contributed by atoms with E-state index >= 15 is 0 Å². The van der Waals surface area contributed by atoms with E-state index < -0.39 is 10.2 Å². The average Bonchev–Trinajstić information content (AvgIpc) is 2.67. The van der Waals surface area contributed by atoms with Gasteiger partial charge in [-0.2, -0.15) is 17.0 Å². The summed E-state index contributed by atoms with van der Waals surface area (Å²) in [6, 6.07) is 10.5. The van der Waals surface area contributed by atoms with Crippen LogP contribution in [0.25, 0.3) is 0 Å². The van der Waals surface area contributed by atoms with Gasteiger partial charge < -0.3 is 4.74 Å². The van der Waals surface area contributed by atoms with Crippen LogP contribution < -0.4 is 0 Å². The highest BCUT2D eigenvalue weighted by Gasteiger charge is 2.37. The van der Waals surface area contributed by atoms with Gasteiger partial charge >= 0.3 is 0 Å². The zero-order chi connectivity index (χ0) is 17.7. The predicted molar refractivity (Wildman–Crippen MR) is 99.6 cm³/mol. The summed E-state index contributed by atoms with van der Waals surface area (Å²) in [5.41, 5.74) is 1.28. The quantitative estimate of drug-likeness (QED) is 0.778. The minimum absolute atomic E-state index is 0.124. The number of benzene rings is 1. The summed E-state index contributed by atoms with van der Waals surface area (Å²) in [5.74, 6) is 0. The summed E-state index contributed by atoms with van der Waals surface area (Å²) in [7, 11) is -1.65. The van der Waals surface area contributed by atoms with Crippen molar-refractivity contribution in [2.24, 2.45) is 0 Å². The molecule has 0 bridgehead atoms. The third-order valence-electron chi connectivity index (χ3n) is 5.54. The zero-order valence-electron chi connectivity index (χ0n) is 15.1. The molecule has 3 rings (SSSR count). The van der Waals surface area contributed by atoms with Gasteiger partial charge in [0, 0.05) is 32.8 Å². The third kappa shape index (κ3) is 4.61. The molecule has 5 nitrogen and oxygen atoms in total. The number of hydrogen-bond acceptors (Lipinski definition) is 3. The summed E-state index contributed by atoms with van der Waals surface area (Å²) >= 11 is 0. The Labute approximate surface area is 152 Å². The molecule has 140 valence electrons. The van der Waals surface area contributed by atoms with Gasteiger partial charge in [0.05, 0.1) is 6.10 Å². The van der Waals surface area contributed by atoms with Gasteiger partial charge in [-0.05, 0) is 44.1 Å². The van der Waals surface area contributed by atoms with Crippen molar-refractivity contribution in [2.75, 3.05) is 26.7 Å². The standard InChI is InChI=1S/C19H30N2O3S/c1-24-19-12-15-20(16-13-19)25(22,23)21-14-6-5-9-18(21)11-10-17-7-3-2-4-8-17/h2-4,7-8,18-19H,5-6,9-16H2,1H3/t18-/m1/s1. The van der Waals surface area contributed by atoms with Gasteiger partial charge in [-0.3, -0.25) is 0 Å². The fourth-order valence-corrected chi connectivity index (χ4v) is 5.91. The summed E-state index contributed by atoms with van der Waals surface area (Å²) in [6.07, 6.45) is 6.67. The molecule has 1 atom stereocenters. The molecule has 1 aromatic rings. The van der Waals surface area contributed by atoms with Crippen molar-refractivity contribution in [2.45, 2.75) is 57.1 Å². The van der Waals surface area contributed by atoms with Crippen LogP contribution in [-0.2, 0) is 21.4 Å². The minimum Gasteiger partial charge on any atom is -0.381 e.